The number of nitrogens with one attached hydrogen (secondary N) is 1. The van der Waals surface area contributed by atoms with E-state index in [1.807, 2.05) is 37.3 Å². The number of benzene rings is 1. The van der Waals surface area contributed by atoms with Crippen LogP contribution in [0, 0.1) is 0 Å². The van der Waals surface area contributed by atoms with E-state index in [2.05, 4.69) is 15.5 Å². The van der Waals surface area contributed by atoms with Crippen molar-refractivity contribution in [2.24, 2.45) is 5.10 Å². The Morgan fingerprint density at radius 2 is 2.22 bits per heavy atom. The van der Waals surface area contributed by atoms with Crippen LogP contribution in [0.5, 0.6) is 0 Å². The Bertz CT molecular complexity index is 573. The molecule has 0 bridgehead atoms. The van der Waals surface area contributed by atoms with E-state index >= 15 is 0 Å². The quantitative estimate of drug-likeness (QED) is 0.660. The highest BCUT2D eigenvalue weighted by Gasteiger charge is 1.99. The molecule has 0 aliphatic carbocycles. The SMILES string of the molecule is CCCC(=O)NN=Cc1ccnc2ccccc12. The number of carbonyl (C=O) groups excluding carboxylic acids is 1. The highest BCUT2D eigenvalue weighted by molar-refractivity contribution is 5.98. The molecule has 0 spiro atoms. The Kier molecular flexibility index (Phi) is 4.02. The average Bonchev–Trinajstić information content (AvgIpc) is 2.39. The molecule has 1 amide bonds. The van der Waals surface area contributed by atoms with Gasteiger partial charge in [0.2, 0.25) is 5.91 Å². The van der Waals surface area contributed by atoms with Gasteiger partial charge in [0.05, 0.1) is 11.7 Å². The predicted molar refractivity (Wildman–Crippen MR) is 72.4 cm³/mol. The highest BCUT2D eigenvalue weighted by atomic mass is 16.2. The number of hydrogen-bond acceptors (Lipinski definition) is 3. The zero-order valence-electron chi connectivity index (χ0n) is 10.3. The summed E-state index contributed by atoms with van der Waals surface area (Å²) < 4.78 is 0. The summed E-state index contributed by atoms with van der Waals surface area (Å²) in [5, 5.41) is 4.98. The third-order valence-electron chi connectivity index (χ3n) is 2.55. The summed E-state index contributed by atoms with van der Waals surface area (Å²) in [4.78, 5) is 15.5. The smallest absolute Gasteiger partial charge is 0.240 e. The van der Waals surface area contributed by atoms with Crippen molar-refractivity contribution < 1.29 is 4.79 Å². The van der Waals surface area contributed by atoms with Crippen molar-refractivity contribution in [1.29, 1.82) is 0 Å². The second-order valence-electron chi connectivity index (χ2n) is 3.96. The van der Waals surface area contributed by atoms with Crippen LogP contribution in [0.4, 0.5) is 0 Å². The van der Waals surface area contributed by atoms with Gasteiger partial charge in [0.1, 0.15) is 0 Å². The lowest BCUT2D eigenvalue weighted by Gasteiger charge is -2.00. The number of hydrogen-bond donors (Lipinski definition) is 1. The van der Waals surface area contributed by atoms with Crippen LogP contribution in [0.1, 0.15) is 25.3 Å². The van der Waals surface area contributed by atoms with Crippen LogP contribution in [0.25, 0.3) is 10.9 Å². The number of pyridine rings is 1. The van der Waals surface area contributed by atoms with Crippen molar-refractivity contribution in [2.75, 3.05) is 0 Å². The van der Waals surface area contributed by atoms with Gasteiger partial charge >= 0.3 is 0 Å². The number of rotatable bonds is 4. The number of fused-ring (bicyclic) bond motifs is 1. The molecule has 0 radical (unpaired) electrons. The van der Waals surface area contributed by atoms with Crippen LogP contribution in [0.2, 0.25) is 0 Å². The monoisotopic (exact) mass is 241 g/mol. The van der Waals surface area contributed by atoms with Crippen molar-refractivity contribution in [3.8, 4) is 0 Å². The van der Waals surface area contributed by atoms with E-state index in [9.17, 15) is 4.79 Å². The first-order valence-corrected chi connectivity index (χ1v) is 5.97. The maximum atomic E-state index is 11.3. The van der Waals surface area contributed by atoms with Gasteiger partial charge in [0.25, 0.3) is 0 Å². The molecule has 1 N–H and O–H groups in total. The number of nitrogens with zero attached hydrogens (tertiary/aromatic N) is 2. The van der Waals surface area contributed by atoms with E-state index in [0.717, 1.165) is 22.9 Å². The molecule has 0 atom stereocenters. The molecule has 0 unspecified atom stereocenters. The van der Waals surface area contributed by atoms with Gasteiger partial charge in [-0.05, 0) is 18.6 Å². The topological polar surface area (TPSA) is 54.4 Å². The molecule has 0 saturated heterocycles. The third kappa shape index (κ3) is 2.91. The number of aromatic nitrogens is 1. The summed E-state index contributed by atoms with van der Waals surface area (Å²) in [6.45, 7) is 1.96. The Morgan fingerprint density at radius 1 is 1.39 bits per heavy atom. The average molecular weight is 241 g/mol. The molecule has 4 heteroatoms. The van der Waals surface area contributed by atoms with Crippen molar-refractivity contribution in [3.63, 3.8) is 0 Å². The Labute approximate surface area is 106 Å². The summed E-state index contributed by atoms with van der Waals surface area (Å²) in [7, 11) is 0. The van der Waals surface area contributed by atoms with E-state index in [4.69, 9.17) is 0 Å². The summed E-state index contributed by atoms with van der Waals surface area (Å²) in [6, 6.07) is 9.70. The molecule has 0 saturated carbocycles. The zero-order chi connectivity index (χ0) is 12.8. The van der Waals surface area contributed by atoms with Crippen molar-refractivity contribution in [2.45, 2.75) is 19.8 Å². The van der Waals surface area contributed by atoms with Crippen LogP contribution in [0.15, 0.2) is 41.6 Å². The van der Waals surface area contributed by atoms with Crippen molar-refractivity contribution >= 4 is 23.0 Å². The molecular formula is C14H15N3O. The lowest BCUT2D eigenvalue weighted by Crippen LogP contribution is -2.16. The van der Waals surface area contributed by atoms with Gasteiger partial charge < -0.3 is 0 Å². The Hall–Kier alpha value is -2.23. The van der Waals surface area contributed by atoms with Gasteiger partial charge in [-0.3, -0.25) is 9.78 Å². The van der Waals surface area contributed by atoms with Crippen LogP contribution in [0.3, 0.4) is 0 Å². The maximum absolute atomic E-state index is 11.3. The Balaban J connectivity index is 2.16. The van der Waals surface area contributed by atoms with Gasteiger partial charge in [-0.1, -0.05) is 25.1 Å². The minimum Gasteiger partial charge on any atom is -0.273 e. The number of carbonyl (C=O) groups is 1. The number of amides is 1. The van der Waals surface area contributed by atoms with Gasteiger partial charge in [0.15, 0.2) is 0 Å². The second kappa shape index (κ2) is 5.91. The van der Waals surface area contributed by atoms with Crippen molar-refractivity contribution in [3.05, 3.63) is 42.1 Å². The molecule has 0 aliphatic rings. The number of hydrazone groups is 1. The van der Waals surface area contributed by atoms with E-state index in [-0.39, 0.29) is 5.91 Å². The molecule has 1 aromatic carbocycles. The normalized spacial score (nSPS) is 10.9. The molecule has 92 valence electrons. The molecule has 18 heavy (non-hydrogen) atoms. The maximum Gasteiger partial charge on any atom is 0.240 e. The minimum atomic E-state index is -0.0629. The lowest BCUT2D eigenvalue weighted by atomic mass is 10.1. The molecule has 0 fully saturated rings. The summed E-state index contributed by atoms with van der Waals surface area (Å²) >= 11 is 0. The predicted octanol–water partition coefficient (Wildman–Crippen LogP) is 2.49. The molecule has 1 aromatic heterocycles. The standard InChI is InChI=1S/C14H15N3O/c1-2-5-14(18)17-16-10-11-8-9-15-13-7-4-3-6-12(11)13/h3-4,6-10H,2,5H2,1H3,(H,17,18). The second-order valence-corrected chi connectivity index (χ2v) is 3.96. The van der Waals surface area contributed by atoms with Crippen LogP contribution >= 0.6 is 0 Å². The first-order valence-electron chi connectivity index (χ1n) is 5.97. The van der Waals surface area contributed by atoms with Crippen LogP contribution in [-0.2, 0) is 4.79 Å². The largest absolute Gasteiger partial charge is 0.273 e. The van der Waals surface area contributed by atoms with E-state index in [1.165, 1.54) is 0 Å². The van der Waals surface area contributed by atoms with Crippen molar-refractivity contribution in [1.82, 2.24) is 10.4 Å². The fraction of sp³-hybridized carbons (Fsp3) is 0.214. The molecule has 2 rings (SSSR count). The zero-order valence-corrected chi connectivity index (χ0v) is 10.3. The van der Waals surface area contributed by atoms with E-state index in [0.29, 0.717) is 6.42 Å². The van der Waals surface area contributed by atoms with E-state index < -0.39 is 0 Å². The summed E-state index contributed by atoms with van der Waals surface area (Å²) in [5.41, 5.74) is 4.37. The molecular weight excluding hydrogens is 226 g/mol. The lowest BCUT2D eigenvalue weighted by molar-refractivity contribution is -0.121. The summed E-state index contributed by atoms with van der Waals surface area (Å²) in [5.74, 6) is -0.0629. The Morgan fingerprint density at radius 3 is 3.06 bits per heavy atom. The molecule has 4 nitrogen and oxygen atoms in total. The fourth-order valence-corrected chi connectivity index (χ4v) is 1.69. The van der Waals surface area contributed by atoms with Crippen LogP contribution in [-0.4, -0.2) is 17.1 Å². The van der Waals surface area contributed by atoms with Gasteiger partial charge in [0, 0.05) is 23.6 Å². The minimum absolute atomic E-state index is 0.0629. The molecule has 1 heterocycles. The number of para-hydroxylation sites is 1. The fourth-order valence-electron chi connectivity index (χ4n) is 1.69. The van der Waals surface area contributed by atoms with Gasteiger partial charge in [-0.2, -0.15) is 5.10 Å². The first kappa shape index (κ1) is 12.2. The van der Waals surface area contributed by atoms with Gasteiger partial charge in [-0.15, -0.1) is 0 Å². The summed E-state index contributed by atoms with van der Waals surface area (Å²) in [6.07, 6.45) is 4.70. The highest BCUT2D eigenvalue weighted by Crippen LogP contribution is 2.13. The molecule has 0 aliphatic heterocycles. The van der Waals surface area contributed by atoms with E-state index in [1.54, 1.807) is 12.4 Å². The van der Waals surface area contributed by atoms with Crippen LogP contribution < -0.4 is 5.43 Å². The van der Waals surface area contributed by atoms with Gasteiger partial charge in [-0.25, -0.2) is 5.43 Å². The first-order chi connectivity index (χ1) is 8.81. The molecule has 2 aromatic rings. The third-order valence-corrected chi connectivity index (χ3v) is 2.55.